The monoisotopic (exact) mass is 528 g/mol. The zero-order valence-corrected chi connectivity index (χ0v) is 18.9. The minimum Gasteiger partial charge on any atom is -0.393 e. The predicted octanol–water partition coefficient (Wildman–Crippen LogP) is 5.15. The molecule has 0 radical (unpaired) electrons. The lowest BCUT2D eigenvalue weighted by Crippen LogP contribution is -2.47. The number of benzene rings is 2. The molecule has 2 aliphatic rings. The quantitative estimate of drug-likeness (QED) is 0.416. The first-order chi connectivity index (χ1) is 15.8. The molecule has 2 bridgehead atoms. The van der Waals surface area contributed by atoms with Crippen molar-refractivity contribution in [2.45, 2.75) is 61.0 Å². The Balaban J connectivity index is 1.73. The third-order valence-corrected chi connectivity index (χ3v) is 8.59. The average molecular weight is 529 g/mol. The van der Waals surface area contributed by atoms with Crippen LogP contribution in [0, 0.1) is 17.5 Å². The molecule has 3 unspecified atom stereocenters. The third-order valence-electron chi connectivity index (χ3n) is 6.11. The largest absolute Gasteiger partial charge is 0.412 e. The third kappa shape index (κ3) is 4.60. The van der Waals surface area contributed by atoms with E-state index < -0.39 is 74.0 Å². The van der Waals surface area contributed by atoms with Crippen molar-refractivity contribution in [2.75, 3.05) is 5.32 Å². The number of nitrogens with one attached hydrogen (secondary N) is 1. The summed E-state index contributed by atoms with van der Waals surface area (Å²) in [5, 5.41) is 11.5. The number of aliphatic hydroxyl groups excluding tert-OH is 1. The summed E-state index contributed by atoms with van der Waals surface area (Å²) in [6, 6.07) is -0.149. The highest BCUT2D eigenvalue weighted by Gasteiger charge is 2.48. The molecule has 0 amide bonds. The van der Waals surface area contributed by atoms with E-state index in [1.54, 1.807) is 0 Å². The Morgan fingerprint density at radius 2 is 1.59 bits per heavy atom. The second kappa shape index (κ2) is 8.89. The number of anilines is 1. The Morgan fingerprint density at radius 1 is 1.03 bits per heavy atom. The molecule has 0 spiro atoms. The van der Waals surface area contributed by atoms with Gasteiger partial charge < -0.3 is 10.4 Å². The molecule has 2 N–H and O–H groups in total. The number of piperidine rings is 1. The summed E-state index contributed by atoms with van der Waals surface area (Å²) in [5.41, 5.74) is -1.27. The van der Waals surface area contributed by atoms with E-state index in [4.69, 9.17) is 11.6 Å². The van der Waals surface area contributed by atoms with Crippen LogP contribution in [0.5, 0.6) is 0 Å². The molecule has 2 fully saturated rings. The number of fused-ring (bicyclic) bond motifs is 2. The first kappa shape index (κ1) is 25.1. The molecule has 5 nitrogen and oxygen atoms in total. The van der Waals surface area contributed by atoms with Gasteiger partial charge in [-0.15, -0.1) is 0 Å². The molecule has 4 rings (SSSR count). The topological polar surface area (TPSA) is 69.6 Å². The van der Waals surface area contributed by atoms with Crippen molar-refractivity contribution in [1.82, 2.24) is 4.31 Å². The minimum absolute atomic E-state index is 0.210. The minimum atomic E-state index is -5.02. The van der Waals surface area contributed by atoms with Crippen LogP contribution < -0.4 is 5.32 Å². The van der Waals surface area contributed by atoms with Crippen molar-refractivity contribution < 1.29 is 39.9 Å². The lowest BCUT2D eigenvalue weighted by molar-refractivity contribution is -0.144. The number of rotatable bonds is 5. The van der Waals surface area contributed by atoms with Crippen LogP contribution in [0.15, 0.2) is 35.2 Å². The summed E-state index contributed by atoms with van der Waals surface area (Å²) >= 11 is 6.08. The Kier molecular flexibility index (Phi) is 6.56. The van der Waals surface area contributed by atoms with Crippen molar-refractivity contribution in [1.29, 1.82) is 0 Å². The van der Waals surface area contributed by atoms with Crippen molar-refractivity contribution >= 4 is 27.3 Å². The Morgan fingerprint density at radius 3 is 2.12 bits per heavy atom. The van der Waals surface area contributed by atoms with Crippen molar-refractivity contribution in [3.05, 3.63) is 58.4 Å². The number of hydrogen-bond acceptors (Lipinski definition) is 4. The molecule has 2 saturated heterocycles. The van der Waals surface area contributed by atoms with Gasteiger partial charge in [0.25, 0.3) is 0 Å². The van der Waals surface area contributed by atoms with Gasteiger partial charge >= 0.3 is 6.18 Å². The molecule has 34 heavy (non-hydrogen) atoms. The second-order valence-corrected chi connectivity index (χ2v) is 10.6. The molecule has 186 valence electrons. The highest BCUT2D eigenvalue weighted by atomic mass is 35.5. The maximum Gasteiger partial charge on any atom is 0.412 e. The van der Waals surface area contributed by atoms with Gasteiger partial charge in [0.15, 0.2) is 17.5 Å². The summed E-state index contributed by atoms with van der Waals surface area (Å²) < 4.78 is 110. The van der Waals surface area contributed by atoms with E-state index in [0.29, 0.717) is 25.0 Å². The average Bonchev–Trinajstić information content (AvgIpc) is 3.02. The Labute approximate surface area is 196 Å². The van der Waals surface area contributed by atoms with E-state index >= 15 is 0 Å². The van der Waals surface area contributed by atoms with Crippen molar-refractivity contribution in [3.63, 3.8) is 0 Å². The smallest absolute Gasteiger partial charge is 0.393 e. The number of halogens is 7. The lowest BCUT2D eigenvalue weighted by Gasteiger charge is -2.36. The molecular weight excluding hydrogens is 510 g/mol. The summed E-state index contributed by atoms with van der Waals surface area (Å²) in [4.78, 5) is -0.549. The van der Waals surface area contributed by atoms with Gasteiger partial charge in [-0.3, -0.25) is 0 Å². The maximum absolute atomic E-state index is 13.9. The molecule has 2 aliphatic heterocycles. The van der Waals surface area contributed by atoms with E-state index in [2.05, 4.69) is 0 Å². The van der Waals surface area contributed by atoms with Crippen LogP contribution >= 0.6 is 11.6 Å². The molecule has 0 aliphatic carbocycles. The molecule has 0 saturated carbocycles. The standard InChI is InChI=1S/C21H19ClF6N2O3S/c22-15-4-1-10(20(21(26,27)28)29-11-6-16(23)19(25)17(24)7-11)5-18(15)34(32,33)30-12-2-3-13(30)9-14(31)8-12/h1,4-7,12-14,20,29,31H,2-3,8-9H2. The number of aliphatic hydroxyl groups is 1. The molecule has 13 heteroatoms. The van der Waals surface area contributed by atoms with Gasteiger partial charge in [-0.2, -0.15) is 17.5 Å². The molecule has 2 heterocycles. The highest BCUT2D eigenvalue weighted by molar-refractivity contribution is 7.89. The number of sulfonamides is 1. The van der Waals surface area contributed by atoms with E-state index in [1.807, 2.05) is 5.32 Å². The molecule has 0 aromatic heterocycles. The van der Waals surface area contributed by atoms with Crippen LogP contribution in [0.4, 0.5) is 32.0 Å². The second-order valence-electron chi connectivity index (χ2n) is 8.41. The summed E-state index contributed by atoms with van der Waals surface area (Å²) in [6.45, 7) is 0. The first-order valence-electron chi connectivity index (χ1n) is 10.3. The zero-order chi connectivity index (χ0) is 25.0. The molecule has 3 atom stereocenters. The first-order valence-corrected chi connectivity index (χ1v) is 12.1. The van der Waals surface area contributed by atoms with E-state index in [1.165, 1.54) is 4.31 Å². The predicted molar refractivity (Wildman–Crippen MR) is 111 cm³/mol. The number of alkyl halides is 3. The fourth-order valence-corrected chi connectivity index (χ4v) is 7.07. The zero-order valence-electron chi connectivity index (χ0n) is 17.3. The van der Waals surface area contributed by atoms with Gasteiger partial charge in [0.2, 0.25) is 10.0 Å². The van der Waals surface area contributed by atoms with E-state index in [0.717, 1.165) is 18.2 Å². The van der Waals surface area contributed by atoms with Crippen LogP contribution in [0.1, 0.15) is 37.3 Å². The molecule has 2 aromatic rings. The van der Waals surface area contributed by atoms with Crippen LogP contribution in [0.2, 0.25) is 5.02 Å². The normalized spacial score (nSPS) is 24.3. The SMILES string of the molecule is O=S(=O)(c1cc(C(Nc2cc(F)c(F)c(F)c2)C(F)(F)F)ccc1Cl)N1C2CCC1CC(O)C2. The van der Waals surface area contributed by atoms with Crippen LogP contribution in [0.3, 0.4) is 0 Å². The van der Waals surface area contributed by atoms with Crippen LogP contribution in [0.25, 0.3) is 0 Å². The van der Waals surface area contributed by atoms with E-state index in [9.17, 15) is 39.9 Å². The Hall–Kier alpha value is -2.02. The summed E-state index contributed by atoms with van der Waals surface area (Å²) in [6.07, 6.45) is -4.26. The van der Waals surface area contributed by atoms with Crippen molar-refractivity contribution in [2.24, 2.45) is 0 Å². The van der Waals surface area contributed by atoms with Gasteiger partial charge in [-0.1, -0.05) is 17.7 Å². The van der Waals surface area contributed by atoms with Gasteiger partial charge in [-0.25, -0.2) is 21.6 Å². The summed E-state index contributed by atoms with van der Waals surface area (Å²) in [5.74, 6) is -5.22. The highest BCUT2D eigenvalue weighted by Crippen LogP contribution is 2.43. The number of nitrogens with zero attached hydrogens (tertiary/aromatic N) is 1. The van der Waals surface area contributed by atoms with Gasteiger partial charge in [0.1, 0.15) is 10.9 Å². The van der Waals surface area contributed by atoms with Crippen LogP contribution in [-0.2, 0) is 10.0 Å². The summed E-state index contributed by atoms with van der Waals surface area (Å²) in [7, 11) is -4.32. The fourth-order valence-electron chi connectivity index (χ4n) is 4.67. The van der Waals surface area contributed by atoms with Gasteiger partial charge in [0, 0.05) is 29.9 Å². The Bertz CT molecular complexity index is 1170. The molecule has 2 aromatic carbocycles. The fraction of sp³-hybridized carbons (Fsp3) is 0.429. The van der Waals surface area contributed by atoms with Gasteiger partial charge in [0.05, 0.1) is 11.1 Å². The van der Waals surface area contributed by atoms with E-state index in [-0.39, 0.29) is 17.9 Å². The number of hydrogen-bond donors (Lipinski definition) is 2. The lowest BCUT2D eigenvalue weighted by atomic mass is 10.0. The maximum atomic E-state index is 13.9. The van der Waals surface area contributed by atoms with Crippen LogP contribution in [-0.4, -0.2) is 42.2 Å². The van der Waals surface area contributed by atoms with Crippen molar-refractivity contribution in [3.8, 4) is 0 Å². The molecular formula is C21H19ClF6N2O3S. The van der Waals surface area contributed by atoms with Gasteiger partial charge in [-0.05, 0) is 43.4 Å².